The Hall–Kier alpha value is -1.52. The van der Waals surface area contributed by atoms with Crippen LogP contribution < -0.4 is 10.1 Å². The monoisotopic (exact) mass is 395 g/mol. The molecule has 0 aromatic heterocycles. The summed E-state index contributed by atoms with van der Waals surface area (Å²) in [6.07, 6.45) is 7.29. The van der Waals surface area contributed by atoms with Crippen molar-refractivity contribution in [1.29, 1.82) is 0 Å². The molecule has 1 amide bonds. The van der Waals surface area contributed by atoms with Crippen LogP contribution in [0.5, 0.6) is 5.75 Å². The molecule has 0 bridgehead atoms. The van der Waals surface area contributed by atoms with Gasteiger partial charge in [-0.1, -0.05) is 39.3 Å². The second-order valence-electron chi connectivity index (χ2n) is 6.85. The summed E-state index contributed by atoms with van der Waals surface area (Å²) >= 11 is 6.18. The molecule has 5 heteroatoms. The number of rotatable bonds is 3. The Kier molecular flexibility index (Phi) is 9.34. The average molecular weight is 396 g/mol. The van der Waals surface area contributed by atoms with Crippen molar-refractivity contribution >= 4 is 23.1 Å². The van der Waals surface area contributed by atoms with Crippen molar-refractivity contribution in [2.45, 2.75) is 65.3 Å². The molecule has 0 unspecified atom stereocenters. The highest BCUT2D eigenvalue weighted by Crippen LogP contribution is 2.42. The van der Waals surface area contributed by atoms with E-state index < -0.39 is 0 Å². The number of carbonyl (C=O) groups excluding carboxylic acids is 1. The topological polar surface area (TPSA) is 58.6 Å². The third-order valence-corrected chi connectivity index (χ3v) is 5.43. The zero-order valence-electron chi connectivity index (χ0n) is 17.5. The Balaban J connectivity index is 0.000000855. The molecule has 1 aliphatic carbocycles. The van der Waals surface area contributed by atoms with Gasteiger partial charge in [0.2, 0.25) is 0 Å². The highest BCUT2D eigenvalue weighted by molar-refractivity contribution is 6.31. The summed E-state index contributed by atoms with van der Waals surface area (Å²) in [5.41, 5.74) is 2.52. The number of amides is 1. The second-order valence-corrected chi connectivity index (χ2v) is 7.28. The summed E-state index contributed by atoms with van der Waals surface area (Å²) in [5, 5.41) is 10.9. The zero-order chi connectivity index (χ0) is 20.6. The van der Waals surface area contributed by atoms with E-state index in [0.717, 1.165) is 61.8 Å². The minimum atomic E-state index is -0.172. The van der Waals surface area contributed by atoms with Crippen molar-refractivity contribution in [3.8, 4) is 5.75 Å². The van der Waals surface area contributed by atoms with Crippen LogP contribution in [-0.2, 0) is 11.2 Å². The van der Waals surface area contributed by atoms with Crippen LogP contribution in [0.25, 0.3) is 5.57 Å². The van der Waals surface area contributed by atoms with Gasteiger partial charge in [-0.3, -0.25) is 4.79 Å². The molecule has 0 atom stereocenters. The van der Waals surface area contributed by atoms with Crippen molar-refractivity contribution in [2.24, 2.45) is 5.92 Å². The Labute approximate surface area is 169 Å². The lowest BCUT2D eigenvalue weighted by atomic mass is 9.77. The first-order valence-corrected chi connectivity index (χ1v) is 10.2. The predicted octanol–water partition coefficient (Wildman–Crippen LogP) is 5.01. The minimum Gasteiger partial charge on any atom is -0.496 e. The molecule has 3 rings (SSSR count). The summed E-state index contributed by atoms with van der Waals surface area (Å²) in [5.74, 6) is 1.43. The number of nitrogens with one attached hydrogen (secondary N) is 1. The molecule has 1 fully saturated rings. The van der Waals surface area contributed by atoms with Gasteiger partial charge in [0.1, 0.15) is 5.75 Å². The fourth-order valence-corrected chi connectivity index (χ4v) is 4.02. The molecular formula is C22H34ClNO3. The standard InChI is InChI=1S/C19H24ClNO2.C2H6.CH4O/c1-4-13-9-14(20)10-16(23-3)17(13)15-11-19(21-18(15)22)7-5-12(2)6-8-19;2*1-2/h9-12H,4-8H2,1-3H3,(H,21,22);1-2H3;2H,1H3. The Morgan fingerprint density at radius 1 is 1.26 bits per heavy atom. The molecular weight excluding hydrogens is 362 g/mol. The number of halogens is 1. The van der Waals surface area contributed by atoms with Gasteiger partial charge in [-0.2, -0.15) is 0 Å². The molecule has 1 aromatic carbocycles. The van der Waals surface area contributed by atoms with Crippen LogP contribution >= 0.6 is 11.6 Å². The first-order valence-electron chi connectivity index (χ1n) is 9.85. The number of benzene rings is 1. The lowest BCUT2D eigenvalue weighted by Gasteiger charge is -2.34. The summed E-state index contributed by atoms with van der Waals surface area (Å²) in [4.78, 5) is 12.7. The minimum absolute atomic E-state index is 0.00914. The SMILES string of the molecule is CC.CCc1cc(Cl)cc(OC)c1C1=CC2(CCC(C)CC2)NC1=O.CO. The molecule has 1 spiro atoms. The molecule has 0 radical (unpaired) electrons. The zero-order valence-corrected chi connectivity index (χ0v) is 18.2. The quantitative estimate of drug-likeness (QED) is 0.756. The number of aliphatic hydroxyl groups is 1. The number of carbonyl (C=O) groups is 1. The van der Waals surface area contributed by atoms with E-state index >= 15 is 0 Å². The van der Waals surface area contributed by atoms with E-state index in [4.69, 9.17) is 21.4 Å². The fraction of sp³-hybridized carbons (Fsp3) is 0.591. The van der Waals surface area contributed by atoms with E-state index in [2.05, 4.69) is 25.2 Å². The lowest BCUT2D eigenvalue weighted by molar-refractivity contribution is -0.116. The van der Waals surface area contributed by atoms with Gasteiger partial charge in [0, 0.05) is 23.3 Å². The van der Waals surface area contributed by atoms with Crippen LogP contribution in [0.2, 0.25) is 5.02 Å². The van der Waals surface area contributed by atoms with Crippen LogP contribution in [0.1, 0.15) is 64.5 Å². The molecule has 2 N–H and O–H groups in total. The molecule has 1 aliphatic heterocycles. The van der Waals surface area contributed by atoms with Crippen molar-refractivity contribution in [3.05, 3.63) is 34.4 Å². The van der Waals surface area contributed by atoms with E-state index in [1.165, 1.54) is 0 Å². The number of hydrogen-bond acceptors (Lipinski definition) is 3. The van der Waals surface area contributed by atoms with Crippen molar-refractivity contribution in [1.82, 2.24) is 5.32 Å². The van der Waals surface area contributed by atoms with Crippen LogP contribution in [0, 0.1) is 5.92 Å². The largest absolute Gasteiger partial charge is 0.496 e. The van der Waals surface area contributed by atoms with Gasteiger partial charge in [-0.15, -0.1) is 0 Å². The Bertz CT molecular complexity index is 637. The van der Waals surface area contributed by atoms with E-state index in [1.54, 1.807) is 13.2 Å². The van der Waals surface area contributed by atoms with E-state index in [-0.39, 0.29) is 11.4 Å². The molecule has 27 heavy (non-hydrogen) atoms. The van der Waals surface area contributed by atoms with E-state index in [1.807, 2.05) is 19.9 Å². The Morgan fingerprint density at radius 3 is 2.37 bits per heavy atom. The van der Waals surface area contributed by atoms with Crippen molar-refractivity contribution < 1.29 is 14.6 Å². The second kappa shape index (κ2) is 10.7. The summed E-state index contributed by atoms with van der Waals surface area (Å²) in [7, 11) is 2.63. The molecule has 1 heterocycles. The lowest BCUT2D eigenvalue weighted by Crippen LogP contribution is -2.44. The number of methoxy groups -OCH3 is 1. The number of aliphatic hydroxyl groups excluding tert-OH is 1. The highest BCUT2D eigenvalue weighted by atomic mass is 35.5. The van der Waals surface area contributed by atoms with Crippen LogP contribution in [-0.4, -0.2) is 30.8 Å². The van der Waals surface area contributed by atoms with Gasteiger partial charge < -0.3 is 15.2 Å². The van der Waals surface area contributed by atoms with Crippen molar-refractivity contribution in [2.75, 3.05) is 14.2 Å². The normalized spacial score (nSPS) is 23.5. The van der Waals surface area contributed by atoms with Crippen LogP contribution in [0.15, 0.2) is 18.2 Å². The fourth-order valence-electron chi connectivity index (χ4n) is 3.79. The molecule has 1 saturated carbocycles. The van der Waals surface area contributed by atoms with Gasteiger partial charge in [0.25, 0.3) is 5.91 Å². The maximum atomic E-state index is 12.7. The predicted molar refractivity (Wildman–Crippen MR) is 113 cm³/mol. The van der Waals surface area contributed by atoms with Crippen LogP contribution in [0.3, 0.4) is 0 Å². The molecule has 2 aliphatic rings. The first-order chi connectivity index (χ1) is 13.0. The third-order valence-electron chi connectivity index (χ3n) is 5.21. The molecule has 1 aromatic rings. The van der Waals surface area contributed by atoms with Gasteiger partial charge in [-0.05, 0) is 61.8 Å². The molecule has 4 nitrogen and oxygen atoms in total. The maximum absolute atomic E-state index is 12.7. The number of aryl methyl sites for hydroxylation is 1. The maximum Gasteiger partial charge on any atom is 0.252 e. The summed E-state index contributed by atoms with van der Waals surface area (Å²) < 4.78 is 5.52. The van der Waals surface area contributed by atoms with Crippen LogP contribution in [0.4, 0.5) is 0 Å². The number of hydrogen-bond donors (Lipinski definition) is 2. The van der Waals surface area contributed by atoms with Crippen molar-refractivity contribution in [3.63, 3.8) is 0 Å². The van der Waals surface area contributed by atoms with Gasteiger partial charge in [0.15, 0.2) is 0 Å². The summed E-state index contributed by atoms with van der Waals surface area (Å²) in [6.45, 7) is 8.35. The van der Waals surface area contributed by atoms with Gasteiger partial charge in [-0.25, -0.2) is 0 Å². The molecule has 0 saturated heterocycles. The third kappa shape index (κ3) is 5.26. The van der Waals surface area contributed by atoms with E-state index in [9.17, 15) is 4.79 Å². The van der Waals surface area contributed by atoms with Gasteiger partial charge >= 0.3 is 0 Å². The number of ether oxygens (including phenoxy) is 1. The van der Waals surface area contributed by atoms with Gasteiger partial charge in [0.05, 0.1) is 12.6 Å². The van der Waals surface area contributed by atoms with E-state index in [0.29, 0.717) is 10.8 Å². The summed E-state index contributed by atoms with van der Waals surface area (Å²) in [6, 6.07) is 3.72. The average Bonchev–Trinajstić information content (AvgIpc) is 3.02. The Morgan fingerprint density at radius 2 is 1.85 bits per heavy atom. The molecule has 152 valence electrons. The first kappa shape index (κ1) is 23.5. The smallest absolute Gasteiger partial charge is 0.252 e. The highest BCUT2D eigenvalue weighted by Gasteiger charge is 2.41.